The molecular weight excluding hydrogens is 620 g/mol. The number of imidazole rings is 1. The summed E-state index contributed by atoms with van der Waals surface area (Å²) in [5, 5.41) is 38.7. The number of nitrogens with one attached hydrogen (secondary N) is 2. The topological polar surface area (TPSA) is 316 Å². The summed E-state index contributed by atoms with van der Waals surface area (Å²) in [6.45, 7) is -1.39. The summed E-state index contributed by atoms with van der Waals surface area (Å²) in [6.07, 6.45) is -6.91. The van der Waals surface area contributed by atoms with Crippen molar-refractivity contribution in [2.24, 2.45) is 0 Å². The molecule has 0 spiro atoms. The van der Waals surface area contributed by atoms with Gasteiger partial charge < -0.3 is 44.9 Å². The van der Waals surface area contributed by atoms with Gasteiger partial charge in [0.1, 0.15) is 60.1 Å². The predicted octanol–water partition coefficient (Wildman–Crippen LogP) is -2.27. The van der Waals surface area contributed by atoms with E-state index in [9.17, 15) is 34.1 Å². The molecule has 9 N–H and O–H groups in total. The maximum atomic E-state index is 13.7. The summed E-state index contributed by atoms with van der Waals surface area (Å²) in [4.78, 5) is 50.6. The van der Waals surface area contributed by atoms with Gasteiger partial charge in [0.25, 0.3) is 5.56 Å². The molecule has 230 valence electrons. The highest BCUT2D eigenvalue weighted by molar-refractivity contribution is 7.53. The second-order valence-electron chi connectivity index (χ2n) is 9.67. The molecule has 0 aromatic carbocycles. The molecule has 0 amide bonds. The Hall–Kier alpha value is -3.33. The number of ether oxygens (including phenoxy) is 2. The van der Waals surface area contributed by atoms with Crippen LogP contribution in [0, 0.1) is 0 Å². The Morgan fingerprint density at radius 1 is 1.05 bits per heavy atom. The summed E-state index contributed by atoms with van der Waals surface area (Å²) in [5.74, 6) is 0.0733. The summed E-state index contributed by atoms with van der Waals surface area (Å²) in [5.41, 5.74) is 3.60. The molecule has 2 aliphatic rings. The molecule has 23 heteroatoms. The lowest BCUT2D eigenvalue weighted by Crippen LogP contribution is -2.36. The predicted molar refractivity (Wildman–Crippen MR) is 139 cm³/mol. The molecule has 6 heterocycles. The van der Waals surface area contributed by atoms with Crippen molar-refractivity contribution < 1.29 is 52.8 Å². The molecule has 4 aromatic heterocycles. The molecular formula is C20H24N9O12P2+. The van der Waals surface area contributed by atoms with Crippen molar-refractivity contribution in [2.45, 2.75) is 48.5 Å². The van der Waals surface area contributed by atoms with E-state index in [1.54, 1.807) is 0 Å². The molecule has 4 aromatic rings. The van der Waals surface area contributed by atoms with Crippen molar-refractivity contribution in [1.82, 2.24) is 39.7 Å². The van der Waals surface area contributed by atoms with Crippen LogP contribution in [0.2, 0.25) is 0 Å². The van der Waals surface area contributed by atoms with Crippen LogP contribution in [0.15, 0.2) is 23.8 Å². The number of nitrogen functional groups attached to an aromatic ring is 1. The van der Waals surface area contributed by atoms with Gasteiger partial charge >= 0.3 is 15.9 Å². The van der Waals surface area contributed by atoms with Crippen LogP contribution in [0.25, 0.3) is 22.2 Å². The molecule has 10 atom stereocenters. The van der Waals surface area contributed by atoms with Crippen molar-refractivity contribution in [1.29, 1.82) is 0 Å². The maximum Gasteiger partial charge on any atom is 0.694 e. The van der Waals surface area contributed by atoms with E-state index in [2.05, 4.69) is 39.6 Å². The van der Waals surface area contributed by atoms with Crippen molar-refractivity contribution in [2.75, 3.05) is 18.9 Å². The summed E-state index contributed by atoms with van der Waals surface area (Å²) >= 11 is 0. The lowest BCUT2D eigenvalue weighted by atomic mass is 10.1. The number of H-pyrrole nitrogens is 2. The third-order valence-corrected chi connectivity index (χ3v) is 9.39. The molecule has 43 heavy (non-hydrogen) atoms. The Labute approximate surface area is 239 Å². The number of anilines is 1. The largest absolute Gasteiger partial charge is 0.694 e. The first-order valence-electron chi connectivity index (χ1n) is 12.4. The molecule has 21 nitrogen and oxygen atoms in total. The molecule has 2 aliphatic heterocycles. The second-order valence-corrected chi connectivity index (χ2v) is 12.4. The zero-order valence-corrected chi connectivity index (χ0v) is 23.3. The van der Waals surface area contributed by atoms with E-state index in [0.29, 0.717) is 0 Å². The average Bonchev–Trinajstić information content (AvgIpc) is 3.72. The standard InChI is InChI=1S/C20H23N9O12P2/c21-17-11-18(24-4-23-17)29(5-26-11)20-14(32)12(30)7(41-20)2-39-43(36,37)16-13(31)6(1-38-42(34)35)40-15(16)9-8-10(28-27-9)19(33)25-3-22-8/h3-7,12-16,20,30-32H,1-2H2,(H5-,21,22,23,24,25,27,28,33,34,35,36,37)/p+1/t6-,7-,12-,13-,14-,15+,16-,20-/m1/s1. The average molecular weight is 644 g/mol. The highest BCUT2D eigenvalue weighted by Crippen LogP contribution is 2.59. The van der Waals surface area contributed by atoms with Crippen molar-refractivity contribution in [3.05, 3.63) is 35.0 Å². The number of aliphatic hydroxyl groups excluding tert-OH is 3. The second kappa shape index (κ2) is 11.3. The van der Waals surface area contributed by atoms with Gasteiger partial charge in [-0.05, 0) is 0 Å². The molecule has 2 unspecified atom stereocenters. The SMILES string of the molecule is Nc1ncnc2c1ncn2[C@@H]1O[C@H](COP(=O)(O)[C@@H]2[C@H](O)[C@@H](CO[P+](=O)O)O[C@H]2c2[nH]nc3c(=O)[nH]cnc23)[C@@H](O)[C@H]1O. The van der Waals surface area contributed by atoms with Gasteiger partial charge in [0.15, 0.2) is 23.2 Å². The number of aromatic nitrogens is 8. The van der Waals surface area contributed by atoms with Crippen LogP contribution in [0.4, 0.5) is 5.82 Å². The molecule has 0 aliphatic carbocycles. The van der Waals surface area contributed by atoms with E-state index >= 15 is 0 Å². The Morgan fingerprint density at radius 2 is 1.81 bits per heavy atom. The van der Waals surface area contributed by atoms with E-state index < -0.39 is 83.1 Å². The first-order valence-corrected chi connectivity index (χ1v) is 15.2. The lowest BCUT2D eigenvalue weighted by molar-refractivity contribution is -0.0490. The number of rotatable bonds is 9. The van der Waals surface area contributed by atoms with Crippen molar-refractivity contribution >= 4 is 43.9 Å². The van der Waals surface area contributed by atoms with Gasteiger partial charge in [0, 0.05) is 4.57 Å². The Balaban J connectivity index is 1.25. The van der Waals surface area contributed by atoms with Gasteiger partial charge in [-0.1, -0.05) is 0 Å². The minimum absolute atomic E-state index is 0.0294. The first kappa shape index (κ1) is 29.7. The van der Waals surface area contributed by atoms with Gasteiger partial charge in [0.2, 0.25) is 0 Å². The van der Waals surface area contributed by atoms with Crippen LogP contribution >= 0.6 is 15.9 Å². The Morgan fingerprint density at radius 3 is 2.58 bits per heavy atom. The van der Waals surface area contributed by atoms with Crippen LogP contribution in [-0.4, -0.2) is 114 Å². The van der Waals surface area contributed by atoms with Crippen LogP contribution < -0.4 is 11.3 Å². The highest BCUT2D eigenvalue weighted by Gasteiger charge is 2.56. The maximum absolute atomic E-state index is 13.7. The van der Waals surface area contributed by atoms with Crippen LogP contribution in [0.5, 0.6) is 0 Å². The molecule has 0 saturated carbocycles. The number of hydrogen-bond acceptors (Lipinski definition) is 16. The zero-order chi connectivity index (χ0) is 30.6. The fourth-order valence-corrected chi connectivity index (χ4v) is 7.05. The quantitative estimate of drug-likeness (QED) is 0.0890. The molecule has 2 saturated heterocycles. The third kappa shape index (κ3) is 5.23. The number of aromatic amines is 2. The summed E-state index contributed by atoms with van der Waals surface area (Å²) in [6, 6.07) is 0. The monoisotopic (exact) mass is 644 g/mol. The number of nitrogens with zero attached hydrogens (tertiary/aromatic N) is 6. The third-order valence-electron chi connectivity index (χ3n) is 7.17. The van der Waals surface area contributed by atoms with Gasteiger partial charge in [-0.3, -0.25) is 19.0 Å². The summed E-state index contributed by atoms with van der Waals surface area (Å²) in [7, 11) is -8.05. The number of fused-ring (bicyclic) bond motifs is 2. The van der Waals surface area contributed by atoms with Gasteiger partial charge in [-0.15, -0.1) is 9.42 Å². The van der Waals surface area contributed by atoms with E-state index in [4.69, 9.17) is 24.6 Å². The van der Waals surface area contributed by atoms with E-state index in [0.717, 1.165) is 6.33 Å². The minimum atomic E-state index is -4.95. The van der Waals surface area contributed by atoms with Crippen molar-refractivity contribution in [3.8, 4) is 0 Å². The molecule has 6 rings (SSSR count). The first-order chi connectivity index (χ1) is 20.5. The summed E-state index contributed by atoms with van der Waals surface area (Å²) < 4.78 is 47.5. The molecule has 2 fully saturated rings. The van der Waals surface area contributed by atoms with Gasteiger partial charge in [-0.2, -0.15) is 5.10 Å². The van der Waals surface area contributed by atoms with E-state index in [1.165, 1.54) is 17.2 Å². The Kier molecular flexibility index (Phi) is 7.82. The number of hydrogen-bond donors (Lipinski definition) is 8. The van der Waals surface area contributed by atoms with Crippen molar-refractivity contribution in [3.63, 3.8) is 0 Å². The number of aliphatic hydroxyl groups is 3. The number of nitrogens with two attached hydrogens (primary N) is 1. The fourth-order valence-electron chi connectivity index (χ4n) is 5.11. The minimum Gasteiger partial charge on any atom is -0.389 e. The smallest absolute Gasteiger partial charge is 0.389 e. The van der Waals surface area contributed by atoms with E-state index in [1.807, 2.05) is 0 Å². The molecule has 0 radical (unpaired) electrons. The van der Waals surface area contributed by atoms with E-state index in [-0.39, 0.29) is 33.7 Å². The Bertz CT molecular complexity index is 1780. The molecule has 0 bridgehead atoms. The highest BCUT2D eigenvalue weighted by atomic mass is 31.2. The van der Waals surface area contributed by atoms with Crippen LogP contribution in [0.1, 0.15) is 18.0 Å². The van der Waals surface area contributed by atoms with Crippen LogP contribution in [0.3, 0.4) is 0 Å². The lowest BCUT2D eigenvalue weighted by Gasteiger charge is -2.26. The fraction of sp³-hybridized carbons (Fsp3) is 0.500. The normalized spacial score (nSPS) is 31.1. The van der Waals surface area contributed by atoms with Crippen LogP contribution in [-0.2, 0) is 27.7 Å². The van der Waals surface area contributed by atoms with Gasteiger partial charge in [-0.25, -0.2) is 19.9 Å². The zero-order valence-electron chi connectivity index (χ0n) is 21.5. The van der Waals surface area contributed by atoms with Gasteiger partial charge in [0.05, 0.1) is 31.1 Å².